The molecule has 0 spiro atoms. The van der Waals surface area contributed by atoms with Crippen molar-refractivity contribution in [3.05, 3.63) is 65.2 Å². The molecule has 0 unspecified atom stereocenters. The second-order valence-electron chi connectivity index (χ2n) is 6.30. The van der Waals surface area contributed by atoms with Gasteiger partial charge in [-0.2, -0.15) is 0 Å². The molecule has 3 rings (SSSR count). The van der Waals surface area contributed by atoms with Crippen LogP contribution in [-0.4, -0.2) is 18.4 Å². The Bertz CT molecular complexity index is 826. The maximum atomic E-state index is 12.2. The number of primary amides is 1. The summed E-state index contributed by atoms with van der Waals surface area (Å²) in [5.41, 5.74) is 9.41. The molecule has 0 aliphatic heterocycles. The SMILES string of the molecule is NC(=O)COc1ccc(/C=C/C(=O)Nc2cccc3c2CCCC3)cc1. The van der Waals surface area contributed by atoms with Crippen LogP contribution in [0.15, 0.2) is 48.5 Å². The molecule has 1 aliphatic carbocycles. The molecule has 0 saturated heterocycles. The van der Waals surface area contributed by atoms with Gasteiger partial charge in [0.1, 0.15) is 5.75 Å². The van der Waals surface area contributed by atoms with Crippen LogP contribution in [0.2, 0.25) is 0 Å². The first-order valence-electron chi connectivity index (χ1n) is 8.73. The number of carbonyl (C=O) groups excluding carboxylic acids is 2. The maximum Gasteiger partial charge on any atom is 0.255 e. The van der Waals surface area contributed by atoms with Crippen LogP contribution in [0.5, 0.6) is 5.75 Å². The predicted octanol–water partition coefficient (Wildman–Crippen LogP) is 3.08. The van der Waals surface area contributed by atoms with Gasteiger partial charge in [0.05, 0.1) is 0 Å². The average molecular weight is 350 g/mol. The van der Waals surface area contributed by atoms with Gasteiger partial charge in [0.15, 0.2) is 6.61 Å². The number of aryl methyl sites for hydroxylation is 1. The minimum atomic E-state index is -0.520. The zero-order valence-electron chi connectivity index (χ0n) is 14.5. The molecule has 134 valence electrons. The van der Waals surface area contributed by atoms with E-state index in [2.05, 4.69) is 11.4 Å². The van der Waals surface area contributed by atoms with Crippen LogP contribution in [0.4, 0.5) is 5.69 Å². The molecular formula is C21H22N2O3. The Labute approximate surface area is 152 Å². The van der Waals surface area contributed by atoms with Crippen LogP contribution in [0, 0.1) is 0 Å². The van der Waals surface area contributed by atoms with Crippen molar-refractivity contribution in [2.24, 2.45) is 5.73 Å². The first-order chi connectivity index (χ1) is 12.6. The highest BCUT2D eigenvalue weighted by atomic mass is 16.5. The maximum absolute atomic E-state index is 12.2. The van der Waals surface area contributed by atoms with Gasteiger partial charge in [0, 0.05) is 11.8 Å². The second-order valence-corrected chi connectivity index (χ2v) is 6.30. The van der Waals surface area contributed by atoms with Gasteiger partial charge in [0.2, 0.25) is 5.91 Å². The molecule has 5 heteroatoms. The molecule has 3 N–H and O–H groups in total. The number of hydrogen-bond donors (Lipinski definition) is 2. The summed E-state index contributed by atoms with van der Waals surface area (Å²) in [7, 11) is 0. The molecule has 0 bridgehead atoms. The molecule has 0 heterocycles. The Morgan fingerprint density at radius 3 is 2.62 bits per heavy atom. The van der Waals surface area contributed by atoms with Gasteiger partial charge < -0.3 is 15.8 Å². The van der Waals surface area contributed by atoms with Gasteiger partial charge in [-0.1, -0.05) is 24.3 Å². The van der Waals surface area contributed by atoms with Gasteiger partial charge in [-0.15, -0.1) is 0 Å². The monoisotopic (exact) mass is 350 g/mol. The lowest BCUT2D eigenvalue weighted by Crippen LogP contribution is -2.19. The molecule has 1 aliphatic rings. The summed E-state index contributed by atoms with van der Waals surface area (Å²) in [5, 5.41) is 2.98. The number of benzene rings is 2. The summed E-state index contributed by atoms with van der Waals surface area (Å²) < 4.78 is 5.20. The number of hydrogen-bond acceptors (Lipinski definition) is 3. The van der Waals surface area contributed by atoms with E-state index in [4.69, 9.17) is 10.5 Å². The molecular weight excluding hydrogens is 328 g/mol. The third kappa shape index (κ3) is 4.72. The van der Waals surface area contributed by atoms with Crippen molar-refractivity contribution in [1.29, 1.82) is 0 Å². The fourth-order valence-electron chi connectivity index (χ4n) is 3.07. The first-order valence-corrected chi connectivity index (χ1v) is 8.73. The average Bonchev–Trinajstić information content (AvgIpc) is 2.66. The second kappa shape index (κ2) is 8.34. The van der Waals surface area contributed by atoms with Gasteiger partial charge in [-0.3, -0.25) is 9.59 Å². The Morgan fingerprint density at radius 2 is 1.85 bits per heavy atom. The largest absolute Gasteiger partial charge is 0.484 e. The number of anilines is 1. The normalized spacial score (nSPS) is 13.2. The van der Waals surface area contributed by atoms with E-state index in [1.54, 1.807) is 18.2 Å². The van der Waals surface area contributed by atoms with Gasteiger partial charge in [-0.05, 0) is 66.6 Å². The molecule has 0 aromatic heterocycles. The Kier molecular flexibility index (Phi) is 5.69. The summed E-state index contributed by atoms with van der Waals surface area (Å²) in [6.45, 7) is -0.154. The molecule has 0 saturated carbocycles. The molecule has 2 aromatic rings. The lowest BCUT2D eigenvalue weighted by atomic mass is 9.90. The summed E-state index contributed by atoms with van der Waals surface area (Å²) in [4.78, 5) is 22.9. The van der Waals surface area contributed by atoms with E-state index in [9.17, 15) is 9.59 Å². The molecule has 5 nitrogen and oxygen atoms in total. The van der Waals surface area contributed by atoms with E-state index in [1.165, 1.54) is 30.0 Å². The summed E-state index contributed by atoms with van der Waals surface area (Å²) in [5.74, 6) is -0.118. The van der Waals surface area contributed by atoms with Crippen LogP contribution >= 0.6 is 0 Å². The van der Waals surface area contributed by atoms with Crippen molar-refractivity contribution in [3.8, 4) is 5.75 Å². The van der Waals surface area contributed by atoms with E-state index >= 15 is 0 Å². The fourth-order valence-corrected chi connectivity index (χ4v) is 3.07. The van der Waals surface area contributed by atoms with Crippen molar-refractivity contribution < 1.29 is 14.3 Å². The fraction of sp³-hybridized carbons (Fsp3) is 0.238. The minimum absolute atomic E-state index is 0.154. The van der Waals surface area contributed by atoms with Crippen LogP contribution in [0.25, 0.3) is 6.08 Å². The third-order valence-electron chi connectivity index (χ3n) is 4.34. The van der Waals surface area contributed by atoms with Crippen LogP contribution < -0.4 is 15.8 Å². The van der Waals surface area contributed by atoms with Crippen LogP contribution in [0.1, 0.15) is 29.5 Å². The third-order valence-corrected chi connectivity index (χ3v) is 4.34. The number of nitrogens with one attached hydrogen (secondary N) is 1. The zero-order chi connectivity index (χ0) is 18.4. The standard InChI is InChI=1S/C21H22N2O3/c22-20(24)14-26-17-11-8-15(9-12-17)10-13-21(25)23-19-7-3-5-16-4-1-2-6-18(16)19/h3,5,7-13H,1-2,4,6,14H2,(H2,22,24)(H,23,25)/b13-10+. The zero-order valence-corrected chi connectivity index (χ0v) is 14.5. The molecule has 0 fully saturated rings. The van der Waals surface area contributed by atoms with Gasteiger partial charge in [-0.25, -0.2) is 0 Å². The summed E-state index contributed by atoms with van der Waals surface area (Å²) in [6, 6.07) is 13.2. The lowest BCUT2D eigenvalue weighted by Gasteiger charge is -2.19. The smallest absolute Gasteiger partial charge is 0.255 e. The number of amides is 2. The van der Waals surface area contributed by atoms with Crippen LogP contribution in [0.3, 0.4) is 0 Å². The van der Waals surface area contributed by atoms with Crippen molar-refractivity contribution >= 4 is 23.6 Å². The highest BCUT2D eigenvalue weighted by Crippen LogP contribution is 2.27. The predicted molar refractivity (Wildman–Crippen MR) is 102 cm³/mol. The lowest BCUT2D eigenvalue weighted by molar-refractivity contribution is -0.120. The van der Waals surface area contributed by atoms with Crippen molar-refractivity contribution in [3.63, 3.8) is 0 Å². The molecule has 0 atom stereocenters. The van der Waals surface area contributed by atoms with Crippen molar-refractivity contribution in [1.82, 2.24) is 0 Å². The molecule has 2 aromatic carbocycles. The quantitative estimate of drug-likeness (QED) is 0.786. The van der Waals surface area contributed by atoms with Gasteiger partial charge in [0.25, 0.3) is 5.91 Å². The number of fused-ring (bicyclic) bond motifs is 1. The summed E-state index contributed by atoms with van der Waals surface area (Å²) >= 11 is 0. The minimum Gasteiger partial charge on any atom is -0.484 e. The highest BCUT2D eigenvalue weighted by Gasteiger charge is 2.13. The first kappa shape index (κ1) is 17.7. The Hall–Kier alpha value is -3.08. The molecule has 0 radical (unpaired) electrons. The van der Waals surface area contributed by atoms with E-state index in [1.807, 2.05) is 24.3 Å². The number of nitrogens with two attached hydrogens (primary N) is 1. The molecule has 2 amide bonds. The van der Waals surface area contributed by atoms with E-state index < -0.39 is 5.91 Å². The van der Waals surface area contributed by atoms with E-state index in [0.717, 1.165) is 24.1 Å². The number of rotatable bonds is 6. The Balaban J connectivity index is 1.60. The topological polar surface area (TPSA) is 81.4 Å². The number of carbonyl (C=O) groups is 2. The van der Waals surface area contributed by atoms with Crippen LogP contribution in [-0.2, 0) is 22.4 Å². The van der Waals surface area contributed by atoms with E-state index in [0.29, 0.717) is 5.75 Å². The number of ether oxygens (including phenoxy) is 1. The highest BCUT2D eigenvalue weighted by molar-refractivity contribution is 6.02. The van der Waals surface area contributed by atoms with E-state index in [-0.39, 0.29) is 12.5 Å². The Morgan fingerprint density at radius 1 is 1.08 bits per heavy atom. The van der Waals surface area contributed by atoms with Crippen molar-refractivity contribution in [2.45, 2.75) is 25.7 Å². The van der Waals surface area contributed by atoms with Crippen molar-refractivity contribution in [2.75, 3.05) is 11.9 Å². The molecule has 26 heavy (non-hydrogen) atoms. The van der Waals surface area contributed by atoms with Gasteiger partial charge >= 0.3 is 0 Å². The summed E-state index contributed by atoms with van der Waals surface area (Å²) in [6.07, 6.45) is 7.73.